The van der Waals surface area contributed by atoms with Gasteiger partial charge in [0, 0.05) is 24.2 Å². The zero-order chi connectivity index (χ0) is 19.8. The normalized spacial score (nSPS) is 25.0. The fourth-order valence-electron chi connectivity index (χ4n) is 3.08. The monoisotopic (exact) mass is 418 g/mol. The van der Waals surface area contributed by atoms with E-state index in [-0.39, 0.29) is 41.6 Å². The number of amides is 1. The first-order valence-corrected chi connectivity index (χ1v) is 10.8. The number of aliphatic imine (C=N–C) groups is 1. The number of amidine groups is 1. The van der Waals surface area contributed by atoms with E-state index in [1.807, 2.05) is 0 Å². The van der Waals surface area contributed by atoms with Crippen molar-refractivity contribution < 1.29 is 31.9 Å². The molecule has 1 N–H and O–H groups in total. The molecule has 0 unspecified atom stereocenters. The minimum atomic E-state index is -3.31. The molecule has 2 heterocycles. The maximum absolute atomic E-state index is 14.3. The van der Waals surface area contributed by atoms with Gasteiger partial charge in [0.05, 0.1) is 23.2 Å². The van der Waals surface area contributed by atoms with Crippen molar-refractivity contribution in [3.63, 3.8) is 0 Å². The van der Waals surface area contributed by atoms with E-state index in [0.29, 0.717) is 6.07 Å². The Bertz CT molecular complexity index is 919. The van der Waals surface area contributed by atoms with Crippen LogP contribution in [0.15, 0.2) is 23.2 Å². The summed E-state index contributed by atoms with van der Waals surface area (Å²) in [7, 11) is -3.31. The van der Waals surface area contributed by atoms with Crippen LogP contribution in [0.1, 0.15) is 19.3 Å². The molecule has 2 atom stereocenters. The molecule has 1 amide bonds. The number of hydrogen-bond donors (Lipinski definition) is 1. The number of halogens is 2. The van der Waals surface area contributed by atoms with Crippen molar-refractivity contribution in [1.29, 1.82) is 0 Å². The summed E-state index contributed by atoms with van der Waals surface area (Å²) in [5.41, 5.74) is -0.0504. The molecule has 3 rings (SSSR count). The molecule has 2 saturated heterocycles. The van der Waals surface area contributed by atoms with Gasteiger partial charge in [0.25, 0.3) is 0 Å². The summed E-state index contributed by atoms with van der Waals surface area (Å²) in [4.78, 5) is 27.9. The standard InChI is InChI=1S/C16H16F2N2O5S2/c17-9-4-5-11(10(18)6-9)20-12-7-27(24,25)8-13(12)26-16(20)19-14(21)2-1-3-15(22)23/h4-6,12-13H,1-3,7-8H2,(H,22,23)/t12-,13-/m0/s1. The summed E-state index contributed by atoms with van der Waals surface area (Å²) in [6.07, 6.45) is -0.158. The maximum Gasteiger partial charge on any atom is 0.303 e. The third-order valence-electron chi connectivity index (χ3n) is 4.24. The van der Waals surface area contributed by atoms with Crippen LogP contribution in [-0.4, -0.2) is 53.4 Å². The van der Waals surface area contributed by atoms with Gasteiger partial charge in [0.2, 0.25) is 5.91 Å². The number of thioether (sulfide) groups is 1. The summed E-state index contributed by atoms with van der Waals surface area (Å²) in [6, 6.07) is 2.31. The molecule has 27 heavy (non-hydrogen) atoms. The third kappa shape index (κ3) is 4.46. The quantitative estimate of drug-likeness (QED) is 0.778. The van der Waals surface area contributed by atoms with E-state index in [2.05, 4.69) is 4.99 Å². The fourth-order valence-corrected chi connectivity index (χ4v) is 7.00. The van der Waals surface area contributed by atoms with Gasteiger partial charge < -0.3 is 10.0 Å². The molecule has 2 aliphatic rings. The van der Waals surface area contributed by atoms with Crippen LogP contribution in [0.3, 0.4) is 0 Å². The van der Waals surface area contributed by atoms with Gasteiger partial charge in [-0.2, -0.15) is 4.99 Å². The predicted molar refractivity (Wildman–Crippen MR) is 96.6 cm³/mol. The molecular weight excluding hydrogens is 402 g/mol. The molecule has 146 valence electrons. The van der Waals surface area contributed by atoms with Gasteiger partial charge in [-0.3, -0.25) is 9.59 Å². The number of benzene rings is 1. The molecule has 1 aromatic rings. The lowest BCUT2D eigenvalue weighted by atomic mass is 10.2. The number of rotatable bonds is 5. The van der Waals surface area contributed by atoms with Crippen LogP contribution >= 0.6 is 11.8 Å². The summed E-state index contributed by atoms with van der Waals surface area (Å²) >= 11 is 1.07. The Labute approximate surface area is 158 Å². The number of hydrogen-bond acceptors (Lipinski definition) is 5. The molecule has 2 fully saturated rings. The van der Waals surface area contributed by atoms with Crippen LogP contribution in [-0.2, 0) is 19.4 Å². The summed E-state index contributed by atoms with van der Waals surface area (Å²) in [6.45, 7) is 0. The van der Waals surface area contributed by atoms with E-state index in [4.69, 9.17) is 5.11 Å². The van der Waals surface area contributed by atoms with Crippen molar-refractivity contribution >= 4 is 44.3 Å². The molecule has 0 aromatic heterocycles. The van der Waals surface area contributed by atoms with Crippen LogP contribution < -0.4 is 4.90 Å². The number of fused-ring (bicyclic) bond motifs is 1. The van der Waals surface area contributed by atoms with Crippen LogP contribution in [0.2, 0.25) is 0 Å². The van der Waals surface area contributed by atoms with E-state index >= 15 is 0 Å². The van der Waals surface area contributed by atoms with E-state index in [9.17, 15) is 26.8 Å². The van der Waals surface area contributed by atoms with Crippen molar-refractivity contribution in [1.82, 2.24) is 0 Å². The number of carbonyl (C=O) groups is 2. The molecule has 1 aromatic carbocycles. The Morgan fingerprint density at radius 3 is 2.67 bits per heavy atom. The highest BCUT2D eigenvalue weighted by atomic mass is 32.2. The van der Waals surface area contributed by atoms with Gasteiger partial charge in [-0.15, -0.1) is 0 Å². The number of carboxylic acids is 1. The molecule has 0 aliphatic carbocycles. The topological polar surface area (TPSA) is 104 Å². The predicted octanol–water partition coefficient (Wildman–Crippen LogP) is 1.82. The molecule has 0 radical (unpaired) electrons. The van der Waals surface area contributed by atoms with Crippen molar-refractivity contribution in [2.45, 2.75) is 30.6 Å². The second kappa shape index (κ2) is 7.55. The number of sulfone groups is 1. The highest BCUT2D eigenvalue weighted by Gasteiger charge is 2.50. The van der Waals surface area contributed by atoms with E-state index in [1.54, 1.807) is 0 Å². The summed E-state index contributed by atoms with van der Waals surface area (Å²) < 4.78 is 51.4. The Morgan fingerprint density at radius 2 is 2.00 bits per heavy atom. The number of nitrogens with zero attached hydrogens (tertiary/aromatic N) is 2. The average molecular weight is 418 g/mol. The molecule has 0 saturated carbocycles. The lowest BCUT2D eigenvalue weighted by Gasteiger charge is -2.24. The van der Waals surface area contributed by atoms with Gasteiger partial charge >= 0.3 is 5.97 Å². The first-order chi connectivity index (χ1) is 12.7. The van der Waals surface area contributed by atoms with Crippen molar-refractivity contribution in [2.24, 2.45) is 4.99 Å². The number of carboxylic acid groups (broad SMARTS) is 1. The van der Waals surface area contributed by atoms with Crippen LogP contribution in [0.4, 0.5) is 14.5 Å². The fraction of sp³-hybridized carbons (Fsp3) is 0.438. The minimum Gasteiger partial charge on any atom is -0.481 e. The number of carbonyl (C=O) groups excluding carboxylic acids is 1. The summed E-state index contributed by atoms with van der Waals surface area (Å²) in [5.74, 6) is -3.59. The van der Waals surface area contributed by atoms with Gasteiger partial charge in [0.1, 0.15) is 11.6 Å². The van der Waals surface area contributed by atoms with Gasteiger partial charge in [-0.25, -0.2) is 17.2 Å². The average Bonchev–Trinajstić information content (AvgIpc) is 2.98. The first kappa shape index (κ1) is 19.7. The molecule has 2 aliphatic heterocycles. The Morgan fingerprint density at radius 1 is 1.26 bits per heavy atom. The molecule has 0 spiro atoms. The van der Waals surface area contributed by atoms with Crippen LogP contribution in [0, 0.1) is 11.6 Å². The highest BCUT2D eigenvalue weighted by Crippen LogP contribution is 2.41. The Hall–Kier alpha value is -2.01. The second-order valence-corrected chi connectivity index (χ2v) is 9.66. The second-order valence-electron chi connectivity index (χ2n) is 6.30. The van der Waals surface area contributed by atoms with Crippen LogP contribution in [0.25, 0.3) is 0 Å². The van der Waals surface area contributed by atoms with Crippen molar-refractivity contribution in [2.75, 3.05) is 16.4 Å². The number of anilines is 1. The minimum absolute atomic E-state index is 0.0504. The van der Waals surface area contributed by atoms with Crippen molar-refractivity contribution in [3.05, 3.63) is 29.8 Å². The SMILES string of the molecule is O=C(O)CCCC(=O)N=C1S[C@H]2CS(=O)(=O)C[C@@H]2N1c1ccc(F)cc1F. The van der Waals surface area contributed by atoms with E-state index in [1.165, 1.54) is 11.0 Å². The largest absolute Gasteiger partial charge is 0.481 e. The third-order valence-corrected chi connectivity index (χ3v) is 7.45. The molecular formula is C16H16F2N2O5S2. The van der Waals surface area contributed by atoms with E-state index < -0.39 is 44.6 Å². The summed E-state index contributed by atoms with van der Waals surface area (Å²) in [5, 5.41) is 8.36. The maximum atomic E-state index is 14.3. The Balaban J connectivity index is 1.89. The first-order valence-electron chi connectivity index (χ1n) is 8.11. The molecule has 11 heteroatoms. The van der Waals surface area contributed by atoms with Gasteiger partial charge in [0.15, 0.2) is 15.0 Å². The zero-order valence-corrected chi connectivity index (χ0v) is 15.6. The lowest BCUT2D eigenvalue weighted by molar-refractivity contribution is -0.137. The van der Waals surface area contributed by atoms with E-state index in [0.717, 1.165) is 17.8 Å². The Kier molecular flexibility index (Phi) is 5.52. The molecule has 0 bridgehead atoms. The van der Waals surface area contributed by atoms with Crippen LogP contribution in [0.5, 0.6) is 0 Å². The van der Waals surface area contributed by atoms with Gasteiger partial charge in [-0.05, 0) is 18.6 Å². The van der Waals surface area contributed by atoms with Crippen molar-refractivity contribution in [3.8, 4) is 0 Å². The zero-order valence-electron chi connectivity index (χ0n) is 14.0. The lowest BCUT2D eigenvalue weighted by Crippen LogP contribution is -2.38. The highest BCUT2D eigenvalue weighted by molar-refractivity contribution is 8.16. The smallest absolute Gasteiger partial charge is 0.303 e. The molecule has 7 nitrogen and oxygen atoms in total. The van der Waals surface area contributed by atoms with Gasteiger partial charge in [-0.1, -0.05) is 11.8 Å². The number of aliphatic carboxylic acids is 1.